The second kappa shape index (κ2) is 7.29. The lowest BCUT2D eigenvalue weighted by Crippen LogP contribution is -2.20. The third-order valence-corrected chi connectivity index (χ3v) is 5.31. The van der Waals surface area contributed by atoms with Crippen LogP contribution in [0.15, 0.2) is 46.4 Å². The molecule has 150 valence electrons. The Kier molecular flexibility index (Phi) is 4.61. The number of H-pyrrole nitrogens is 1. The van der Waals surface area contributed by atoms with Gasteiger partial charge in [-0.05, 0) is 48.8 Å². The van der Waals surface area contributed by atoms with E-state index in [2.05, 4.69) is 17.1 Å². The van der Waals surface area contributed by atoms with Crippen LogP contribution in [0.2, 0.25) is 0 Å². The van der Waals surface area contributed by atoms with Gasteiger partial charge in [-0.1, -0.05) is 12.1 Å². The zero-order valence-corrected chi connectivity index (χ0v) is 16.7. The van der Waals surface area contributed by atoms with Crippen LogP contribution in [0.25, 0.3) is 28.5 Å². The number of allylic oxidation sites excluding steroid dienone is 3. The van der Waals surface area contributed by atoms with Crippen molar-refractivity contribution in [2.24, 2.45) is 0 Å². The second-order valence-corrected chi connectivity index (χ2v) is 7.08. The fourth-order valence-electron chi connectivity index (χ4n) is 3.77. The van der Waals surface area contributed by atoms with Crippen molar-refractivity contribution in [1.82, 2.24) is 0 Å². The molecule has 3 aromatic rings. The molecule has 0 atom stereocenters. The van der Waals surface area contributed by atoms with Gasteiger partial charge in [-0.2, -0.15) is 10.5 Å². The average molecular weight is 410 g/mol. The highest BCUT2D eigenvalue weighted by Gasteiger charge is 2.32. The Morgan fingerprint density at radius 3 is 2.65 bits per heavy atom. The fourth-order valence-corrected chi connectivity index (χ4v) is 3.77. The summed E-state index contributed by atoms with van der Waals surface area (Å²) < 4.78 is 5.91. The first-order chi connectivity index (χ1) is 14.8. The largest absolute Gasteiger partial charge is 0.457 e. The van der Waals surface area contributed by atoms with Crippen LogP contribution in [-0.4, -0.2) is 4.92 Å². The number of nitrogen functional groups attached to an aromatic ring is 1. The molecule has 0 spiro atoms. The first-order valence-electron chi connectivity index (χ1n) is 9.29. The molecule has 1 aliphatic carbocycles. The van der Waals surface area contributed by atoms with Crippen LogP contribution in [0.3, 0.4) is 0 Å². The fraction of sp³-hybridized carbons (Fsp3) is 0.0870. The number of benzene rings is 1. The third-order valence-electron chi connectivity index (χ3n) is 5.31. The molecular formula is C23H16N5O3+. The summed E-state index contributed by atoms with van der Waals surface area (Å²) in [5, 5.41) is 30.2. The maximum Gasteiger partial charge on any atom is 0.289 e. The van der Waals surface area contributed by atoms with Gasteiger partial charge in [0.15, 0.2) is 5.69 Å². The first kappa shape index (κ1) is 19.6. The molecule has 0 bridgehead atoms. The average Bonchev–Trinajstić information content (AvgIpc) is 3.31. The maximum atomic E-state index is 11.0. The van der Waals surface area contributed by atoms with Crippen molar-refractivity contribution in [1.29, 1.82) is 10.5 Å². The number of nitro groups is 1. The lowest BCUT2D eigenvalue weighted by molar-refractivity contribution is -0.384. The molecule has 0 fully saturated rings. The van der Waals surface area contributed by atoms with Gasteiger partial charge in [0.25, 0.3) is 11.5 Å². The van der Waals surface area contributed by atoms with E-state index < -0.39 is 4.92 Å². The number of rotatable bonds is 3. The van der Waals surface area contributed by atoms with Gasteiger partial charge >= 0.3 is 0 Å². The summed E-state index contributed by atoms with van der Waals surface area (Å²) in [6.45, 7) is 3.62. The van der Waals surface area contributed by atoms with E-state index in [0.29, 0.717) is 39.5 Å². The van der Waals surface area contributed by atoms with Crippen molar-refractivity contribution in [2.75, 3.05) is 5.73 Å². The summed E-state index contributed by atoms with van der Waals surface area (Å²) in [5.41, 5.74) is 10.8. The molecule has 2 aromatic heterocycles. The molecule has 0 saturated carbocycles. The van der Waals surface area contributed by atoms with Crippen LogP contribution in [0, 0.1) is 39.7 Å². The lowest BCUT2D eigenvalue weighted by atomic mass is 9.96. The Morgan fingerprint density at radius 1 is 1.19 bits per heavy atom. The highest BCUT2D eigenvalue weighted by atomic mass is 16.6. The van der Waals surface area contributed by atoms with E-state index in [1.54, 1.807) is 37.3 Å². The Bertz CT molecular complexity index is 1410. The van der Waals surface area contributed by atoms with Gasteiger partial charge in [-0.15, -0.1) is 0 Å². The molecule has 0 saturated heterocycles. The summed E-state index contributed by atoms with van der Waals surface area (Å²) in [4.78, 5) is 13.6. The first-order valence-corrected chi connectivity index (χ1v) is 9.29. The standard InChI is InChI=1S/C23H15N5O3/c1-12-17(21-13(2)19(11-25)23(26)27-22(21)18(12)10-24)9-16-6-7-20(31-16)14-4-3-5-15(8-14)28(29)30/h3-9H,1-2H3,(H2,26,27)/p+1. The maximum absolute atomic E-state index is 11.0. The number of hydrogen-bond donors (Lipinski definition) is 1. The van der Waals surface area contributed by atoms with E-state index in [1.807, 2.05) is 6.92 Å². The molecule has 0 radical (unpaired) electrons. The highest BCUT2D eigenvalue weighted by molar-refractivity contribution is 6.07. The zero-order valence-electron chi connectivity index (χ0n) is 16.7. The molecule has 8 heteroatoms. The van der Waals surface area contributed by atoms with Crippen molar-refractivity contribution in [3.05, 3.63) is 80.2 Å². The van der Waals surface area contributed by atoms with Gasteiger partial charge in [0.2, 0.25) is 0 Å². The number of aromatic amines is 1. The van der Waals surface area contributed by atoms with E-state index in [9.17, 15) is 20.6 Å². The molecule has 1 aromatic carbocycles. The number of nitrogens with one attached hydrogen (secondary N) is 1. The molecule has 0 amide bonds. The van der Waals surface area contributed by atoms with Crippen molar-refractivity contribution >= 4 is 28.7 Å². The van der Waals surface area contributed by atoms with Crippen molar-refractivity contribution in [2.45, 2.75) is 13.8 Å². The highest BCUT2D eigenvalue weighted by Crippen LogP contribution is 2.43. The molecule has 2 heterocycles. The van der Waals surface area contributed by atoms with Gasteiger partial charge in [-0.3, -0.25) is 15.8 Å². The summed E-state index contributed by atoms with van der Waals surface area (Å²) in [7, 11) is 0. The number of anilines is 1. The molecule has 4 rings (SSSR count). The number of nitriles is 2. The van der Waals surface area contributed by atoms with E-state index in [1.165, 1.54) is 12.1 Å². The van der Waals surface area contributed by atoms with Crippen LogP contribution >= 0.6 is 0 Å². The van der Waals surface area contributed by atoms with Crippen LogP contribution in [0.5, 0.6) is 0 Å². The Labute approximate surface area is 177 Å². The number of non-ortho nitro benzene ring substituents is 1. The lowest BCUT2D eigenvalue weighted by Gasteiger charge is -2.07. The van der Waals surface area contributed by atoms with Gasteiger partial charge < -0.3 is 4.42 Å². The van der Waals surface area contributed by atoms with Crippen LogP contribution in [-0.2, 0) is 0 Å². The van der Waals surface area contributed by atoms with Crippen LogP contribution in [0.4, 0.5) is 11.5 Å². The number of furan rings is 1. The quantitative estimate of drug-likeness (QED) is 0.504. The smallest absolute Gasteiger partial charge is 0.289 e. The number of nitrogens with zero attached hydrogens (tertiary/aromatic N) is 3. The predicted molar refractivity (Wildman–Crippen MR) is 114 cm³/mol. The van der Waals surface area contributed by atoms with Gasteiger partial charge in [0, 0.05) is 23.3 Å². The Morgan fingerprint density at radius 2 is 1.97 bits per heavy atom. The molecule has 0 aliphatic heterocycles. The molecule has 0 unspecified atom stereocenters. The van der Waals surface area contributed by atoms with Crippen molar-refractivity contribution < 1.29 is 14.3 Å². The molecule has 31 heavy (non-hydrogen) atoms. The molecule has 1 aliphatic rings. The predicted octanol–water partition coefficient (Wildman–Crippen LogP) is 4.28. The Balaban J connectivity index is 1.84. The Hall–Kier alpha value is -4.69. The van der Waals surface area contributed by atoms with Gasteiger partial charge in [-0.25, -0.2) is 4.98 Å². The number of fused-ring (bicyclic) bond motifs is 1. The molecule has 3 N–H and O–H groups in total. The summed E-state index contributed by atoms with van der Waals surface area (Å²) >= 11 is 0. The van der Waals surface area contributed by atoms with E-state index in [0.717, 1.165) is 16.7 Å². The number of pyridine rings is 1. The number of aromatic nitrogens is 1. The van der Waals surface area contributed by atoms with Crippen molar-refractivity contribution in [3.8, 4) is 23.5 Å². The molecular weight excluding hydrogens is 394 g/mol. The number of nitro benzene ring substituents is 1. The minimum absolute atomic E-state index is 0.0243. The number of hydrogen-bond acceptors (Lipinski definition) is 6. The van der Waals surface area contributed by atoms with Crippen LogP contribution < -0.4 is 10.7 Å². The molecule has 8 nitrogen and oxygen atoms in total. The minimum Gasteiger partial charge on any atom is -0.457 e. The van der Waals surface area contributed by atoms with Gasteiger partial charge in [0.1, 0.15) is 34.8 Å². The third kappa shape index (κ3) is 3.13. The number of nitrogens with two attached hydrogens (primary N) is 1. The van der Waals surface area contributed by atoms with E-state index in [4.69, 9.17) is 10.2 Å². The SMILES string of the molecule is CC1=C(C#N)c2[nH+]c(N)c(C#N)c(C)c2C1=Cc1ccc(-c2cccc([N+](=O)[O-])c2)o1. The summed E-state index contributed by atoms with van der Waals surface area (Å²) in [5.74, 6) is 1.21. The summed E-state index contributed by atoms with van der Waals surface area (Å²) in [6, 6.07) is 14.0. The van der Waals surface area contributed by atoms with E-state index in [-0.39, 0.29) is 11.5 Å². The second-order valence-electron chi connectivity index (χ2n) is 7.08. The topological polar surface area (TPSA) is 144 Å². The summed E-state index contributed by atoms with van der Waals surface area (Å²) in [6.07, 6.45) is 1.79. The minimum atomic E-state index is -0.458. The van der Waals surface area contributed by atoms with Crippen molar-refractivity contribution in [3.63, 3.8) is 0 Å². The van der Waals surface area contributed by atoms with E-state index >= 15 is 0 Å². The van der Waals surface area contributed by atoms with Crippen LogP contribution in [0.1, 0.15) is 35.1 Å². The zero-order chi connectivity index (χ0) is 22.3. The monoisotopic (exact) mass is 410 g/mol. The normalized spacial score (nSPS) is 13.7. The van der Waals surface area contributed by atoms with Gasteiger partial charge in [0.05, 0.1) is 4.92 Å².